The second kappa shape index (κ2) is 6.59. The summed E-state index contributed by atoms with van der Waals surface area (Å²) in [5, 5.41) is 0.561. The van der Waals surface area contributed by atoms with Crippen molar-refractivity contribution in [3.63, 3.8) is 0 Å². The minimum Gasteiger partial charge on any atom is -0.366 e. The van der Waals surface area contributed by atoms with Crippen molar-refractivity contribution in [2.75, 3.05) is 11.4 Å². The summed E-state index contributed by atoms with van der Waals surface area (Å²) in [6.07, 6.45) is 2.70. The first kappa shape index (κ1) is 18.9. The Labute approximate surface area is 171 Å². The summed E-state index contributed by atoms with van der Waals surface area (Å²) in [4.78, 5) is 27.8. The molecule has 0 saturated heterocycles. The summed E-state index contributed by atoms with van der Waals surface area (Å²) in [6, 6.07) is 11.0. The summed E-state index contributed by atoms with van der Waals surface area (Å²) >= 11 is 6.62. The van der Waals surface area contributed by atoms with Crippen molar-refractivity contribution >= 4 is 34.9 Å². The molecule has 0 aromatic heterocycles. The van der Waals surface area contributed by atoms with Crippen LogP contribution in [-0.4, -0.2) is 23.7 Å². The fourth-order valence-corrected chi connectivity index (χ4v) is 5.00. The van der Waals surface area contributed by atoms with Crippen molar-refractivity contribution in [1.82, 2.24) is 0 Å². The van der Waals surface area contributed by atoms with Crippen LogP contribution >= 0.6 is 11.6 Å². The van der Waals surface area contributed by atoms with Crippen LogP contribution in [0.4, 0.5) is 5.69 Å². The molecule has 1 unspecified atom stereocenters. The summed E-state index contributed by atoms with van der Waals surface area (Å²) in [6.45, 7) is 9.79. The van der Waals surface area contributed by atoms with Crippen LogP contribution < -0.4 is 4.90 Å². The van der Waals surface area contributed by atoms with Crippen LogP contribution in [0.3, 0.4) is 0 Å². The zero-order valence-electron chi connectivity index (χ0n) is 16.7. The molecule has 0 N–H and O–H groups in total. The van der Waals surface area contributed by atoms with Gasteiger partial charge in [0.2, 0.25) is 0 Å². The van der Waals surface area contributed by atoms with Gasteiger partial charge in [-0.3, -0.25) is 9.59 Å². The first-order valence-electron chi connectivity index (χ1n) is 9.76. The molecule has 1 aliphatic carbocycles. The molecule has 4 rings (SSSR count). The number of rotatable bonds is 2. The minimum absolute atomic E-state index is 0.0590. The van der Waals surface area contributed by atoms with Crippen molar-refractivity contribution in [2.24, 2.45) is 0 Å². The number of halogens is 1. The largest absolute Gasteiger partial charge is 0.366 e. The topological polar surface area (TPSA) is 37.4 Å². The molecular formula is C24H24ClNO2. The number of fused-ring (bicyclic) bond motifs is 2. The van der Waals surface area contributed by atoms with Crippen molar-refractivity contribution in [1.29, 1.82) is 0 Å². The molecule has 0 radical (unpaired) electrons. The molecular weight excluding hydrogens is 370 g/mol. The maximum Gasteiger partial charge on any atom is 0.197 e. The molecule has 0 fully saturated rings. The molecule has 144 valence electrons. The van der Waals surface area contributed by atoms with Gasteiger partial charge in [0.1, 0.15) is 0 Å². The molecule has 1 aliphatic heterocycles. The number of ketones is 2. The summed E-state index contributed by atoms with van der Waals surface area (Å²) in [5.41, 5.74) is 4.29. The van der Waals surface area contributed by atoms with Crippen LogP contribution in [0.25, 0.3) is 6.08 Å². The Morgan fingerprint density at radius 2 is 1.75 bits per heavy atom. The van der Waals surface area contributed by atoms with Crippen LogP contribution in [0, 0.1) is 0 Å². The Hall–Kier alpha value is -2.39. The average molecular weight is 394 g/mol. The van der Waals surface area contributed by atoms with E-state index in [1.807, 2.05) is 6.07 Å². The van der Waals surface area contributed by atoms with E-state index in [1.165, 1.54) is 5.56 Å². The van der Waals surface area contributed by atoms with Gasteiger partial charge in [-0.1, -0.05) is 42.8 Å². The maximum atomic E-state index is 12.7. The van der Waals surface area contributed by atoms with Crippen molar-refractivity contribution in [2.45, 2.75) is 45.6 Å². The summed E-state index contributed by atoms with van der Waals surface area (Å²) in [5.74, 6) is -0.0769. The monoisotopic (exact) mass is 393 g/mol. The SMILES string of the molecule is CCN1c2cc(Cl)c(C=C3C(=O)c4ccccc4C3=O)cc2C(C)CC1(C)C. The van der Waals surface area contributed by atoms with E-state index in [9.17, 15) is 9.59 Å². The molecule has 1 atom stereocenters. The lowest BCUT2D eigenvalue weighted by atomic mass is 9.79. The molecule has 2 aromatic carbocycles. The van der Waals surface area contributed by atoms with Gasteiger partial charge in [-0.2, -0.15) is 0 Å². The number of nitrogens with zero attached hydrogens (tertiary/aromatic N) is 1. The molecule has 2 aromatic rings. The first-order valence-corrected chi connectivity index (χ1v) is 10.1. The average Bonchev–Trinajstić information content (AvgIpc) is 2.88. The quantitative estimate of drug-likeness (QED) is 0.469. The number of hydrogen-bond donors (Lipinski definition) is 0. The molecule has 2 aliphatic rings. The first-order chi connectivity index (χ1) is 13.2. The molecule has 28 heavy (non-hydrogen) atoms. The van der Waals surface area contributed by atoms with Gasteiger partial charge in [0.05, 0.1) is 5.57 Å². The standard InChI is InChI=1S/C24H24ClNO2/c1-5-26-21-12-20(25)15(10-18(21)14(2)13-24(26,3)4)11-19-22(27)16-8-6-7-9-17(16)23(19)28/h6-12,14H,5,13H2,1-4H3. The predicted molar refractivity (Wildman–Crippen MR) is 115 cm³/mol. The number of allylic oxidation sites excluding steroid dienone is 1. The predicted octanol–water partition coefficient (Wildman–Crippen LogP) is 5.91. The maximum absolute atomic E-state index is 12.7. The molecule has 0 saturated carbocycles. The van der Waals surface area contributed by atoms with Gasteiger partial charge in [0, 0.05) is 33.9 Å². The third-order valence-corrected chi connectivity index (χ3v) is 6.35. The Morgan fingerprint density at radius 3 is 2.32 bits per heavy atom. The highest BCUT2D eigenvalue weighted by molar-refractivity contribution is 6.42. The van der Waals surface area contributed by atoms with Crippen LogP contribution in [0.2, 0.25) is 5.02 Å². The van der Waals surface area contributed by atoms with Gasteiger partial charge in [-0.15, -0.1) is 0 Å². The fourth-order valence-electron chi connectivity index (χ4n) is 4.79. The number of carbonyl (C=O) groups is 2. The van der Waals surface area contributed by atoms with E-state index in [1.54, 1.807) is 30.3 Å². The van der Waals surface area contributed by atoms with Crippen LogP contribution in [0.1, 0.15) is 71.9 Å². The Kier molecular flexibility index (Phi) is 4.46. The zero-order valence-corrected chi connectivity index (χ0v) is 17.4. The lowest BCUT2D eigenvalue weighted by Crippen LogP contribution is -2.48. The van der Waals surface area contributed by atoms with Crippen molar-refractivity contribution < 1.29 is 9.59 Å². The van der Waals surface area contributed by atoms with E-state index in [4.69, 9.17) is 11.6 Å². The third-order valence-electron chi connectivity index (χ3n) is 6.03. The van der Waals surface area contributed by atoms with Gasteiger partial charge >= 0.3 is 0 Å². The number of anilines is 1. The second-order valence-electron chi connectivity index (χ2n) is 8.36. The highest BCUT2D eigenvalue weighted by atomic mass is 35.5. The van der Waals surface area contributed by atoms with Gasteiger partial charge in [-0.05, 0) is 62.4 Å². The van der Waals surface area contributed by atoms with Gasteiger partial charge < -0.3 is 4.90 Å². The van der Waals surface area contributed by atoms with Crippen molar-refractivity contribution in [3.8, 4) is 0 Å². The van der Waals surface area contributed by atoms with Gasteiger partial charge in [0.25, 0.3) is 0 Å². The Morgan fingerprint density at radius 1 is 1.14 bits per heavy atom. The lowest BCUT2D eigenvalue weighted by molar-refractivity contribution is 0.0990. The summed E-state index contributed by atoms with van der Waals surface area (Å²) < 4.78 is 0. The number of hydrogen-bond acceptors (Lipinski definition) is 3. The van der Waals surface area contributed by atoms with E-state index in [-0.39, 0.29) is 22.7 Å². The van der Waals surface area contributed by atoms with Gasteiger partial charge in [-0.25, -0.2) is 0 Å². The van der Waals surface area contributed by atoms with E-state index in [0.717, 1.165) is 24.2 Å². The lowest BCUT2D eigenvalue weighted by Gasteiger charge is -2.47. The minimum atomic E-state index is -0.223. The van der Waals surface area contributed by atoms with Crippen LogP contribution in [-0.2, 0) is 0 Å². The number of benzene rings is 2. The molecule has 4 heteroatoms. The third kappa shape index (κ3) is 2.80. The molecule has 0 bridgehead atoms. The fraction of sp³-hybridized carbons (Fsp3) is 0.333. The summed E-state index contributed by atoms with van der Waals surface area (Å²) in [7, 11) is 0. The molecule has 1 heterocycles. The highest BCUT2D eigenvalue weighted by Crippen LogP contribution is 2.45. The van der Waals surface area contributed by atoms with E-state index < -0.39 is 0 Å². The second-order valence-corrected chi connectivity index (χ2v) is 8.76. The van der Waals surface area contributed by atoms with E-state index in [2.05, 4.69) is 38.7 Å². The van der Waals surface area contributed by atoms with E-state index in [0.29, 0.717) is 22.1 Å². The number of carbonyl (C=O) groups excluding carboxylic acids is 2. The normalized spacial score (nSPS) is 20.2. The Balaban J connectivity index is 1.82. The molecule has 0 amide bonds. The van der Waals surface area contributed by atoms with Crippen LogP contribution in [0.5, 0.6) is 0 Å². The van der Waals surface area contributed by atoms with Crippen molar-refractivity contribution in [3.05, 3.63) is 69.2 Å². The van der Waals surface area contributed by atoms with Crippen LogP contribution in [0.15, 0.2) is 42.0 Å². The highest BCUT2D eigenvalue weighted by Gasteiger charge is 2.36. The smallest absolute Gasteiger partial charge is 0.197 e. The molecule has 3 nitrogen and oxygen atoms in total. The number of Topliss-reactive ketones (excluding diaryl/α,β-unsaturated/α-hetero) is 2. The van der Waals surface area contributed by atoms with Gasteiger partial charge in [0.15, 0.2) is 11.6 Å². The van der Waals surface area contributed by atoms with E-state index >= 15 is 0 Å². The Bertz CT molecular complexity index is 998. The zero-order chi connectivity index (χ0) is 20.2. The molecule has 0 spiro atoms.